The van der Waals surface area contributed by atoms with E-state index < -0.39 is 15.9 Å². The quantitative estimate of drug-likeness (QED) is 0.746. The number of amides is 2. The lowest BCUT2D eigenvalue weighted by Gasteiger charge is -2.17. The number of ether oxygens (including phenoxy) is 1. The van der Waals surface area contributed by atoms with Crippen molar-refractivity contribution in [2.75, 3.05) is 18.6 Å². The van der Waals surface area contributed by atoms with Crippen LogP contribution in [0.25, 0.3) is 0 Å². The molecule has 1 aliphatic heterocycles. The van der Waals surface area contributed by atoms with E-state index in [9.17, 15) is 18.0 Å². The first-order valence-electron chi connectivity index (χ1n) is 8.62. The first-order chi connectivity index (χ1) is 13.3. The highest BCUT2D eigenvalue weighted by Gasteiger charge is 2.35. The molecule has 0 radical (unpaired) electrons. The summed E-state index contributed by atoms with van der Waals surface area (Å²) in [6.45, 7) is 0.540. The Morgan fingerprint density at radius 1 is 1.18 bits per heavy atom. The minimum Gasteiger partial charge on any atom is -0.497 e. The summed E-state index contributed by atoms with van der Waals surface area (Å²) in [4.78, 5) is 26.3. The van der Waals surface area contributed by atoms with Crippen LogP contribution in [-0.2, 0) is 26.2 Å². The third-order valence-electron chi connectivity index (χ3n) is 4.60. The zero-order valence-corrected chi connectivity index (χ0v) is 16.1. The molecule has 1 heterocycles. The zero-order valence-electron chi connectivity index (χ0n) is 15.3. The second kappa shape index (κ2) is 7.99. The molecule has 2 amide bonds. The van der Waals surface area contributed by atoms with Gasteiger partial charge in [-0.2, -0.15) is 0 Å². The predicted octanol–water partition coefficient (Wildman–Crippen LogP) is 1.01. The normalized spacial score (nSPS) is 16.9. The maximum Gasteiger partial charge on any atom is 0.238 e. The summed E-state index contributed by atoms with van der Waals surface area (Å²) in [6, 6.07) is 13.0. The molecule has 2 aromatic rings. The molecular weight excluding hydrogens is 382 g/mol. The Morgan fingerprint density at radius 2 is 1.82 bits per heavy atom. The molecule has 3 N–H and O–H groups in total. The number of nitrogens with one attached hydrogen (secondary N) is 1. The lowest BCUT2D eigenvalue weighted by atomic mass is 10.1. The molecule has 0 aromatic heterocycles. The molecule has 1 unspecified atom stereocenters. The van der Waals surface area contributed by atoms with Gasteiger partial charge in [0.15, 0.2) is 0 Å². The molecule has 9 heteroatoms. The van der Waals surface area contributed by atoms with E-state index in [4.69, 9.17) is 9.88 Å². The molecule has 1 saturated heterocycles. The summed E-state index contributed by atoms with van der Waals surface area (Å²) >= 11 is 0. The molecule has 0 bridgehead atoms. The Labute approximate surface area is 163 Å². The van der Waals surface area contributed by atoms with Crippen molar-refractivity contribution in [2.24, 2.45) is 11.1 Å². The van der Waals surface area contributed by atoms with E-state index in [0.717, 1.165) is 11.3 Å². The van der Waals surface area contributed by atoms with Crippen molar-refractivity contribution in [3.8, 4) is 5.75 Å². The number of benzene rings is 2. The largest absolute Gasteiger partial charge is 0.497 e. The molecule has 0 spiro atoms. The van der Waals surface area contributed by atoms with Crippen LogP contribution in [-0.4, -0.2) is 33.9 Å². The number of primary sulfonamides is 1. The van der Waals surface area contributed by atoms with Gasteiger partial charge in [0.2, 0.25) is 21.8 Å². The third-order valence-corrected chi connectivity index (χ3v) is 5.53. The van der Waals surface area contributed by atoms with Gasteiger partial charge in [-0.1, -0.05) is 12.1 Å². The van der Waals surface area contributed by atoms with Crippen molar-refractivity contribution in [3.05, 3.63) is 54.1 Å². The van der Waals surface area contributed by atoms with Crippen LogP contribution >= 0.6 is 0 Å². The highest BCUT2D eigenvalue weighted by Crippen LogP contribution is 2.27. The molecule has 1 fully saturated rings. The van der Waals surface area contributed by atoms with Gasteiger partial charge in [0.1, 0.15) is 5.75 Å². The first-order valence-corrected chi connectivity index (χ1v) is 10.2. The summed E-state index contributed by atoms with van der Waals surface area (Å²) in [6.07, 6.45) is 0.141. The molecule has 148 valence electrons. The lowest BCUT2D eigenvalue weighted by Crippen LogP contribution is -2.32. The van der Waals surface area contributed by atoms with E-state index in [0.29, 0.717) is 12.3 Å². The molecule has 1 atom stereocenters. The molecule has 0 aliphatic carbocycles. The second-order valence-electron chi connectivity index (χ2n) is 6.51. The van der Waals surface area contributed by atoms with Gasteiger partial charge in [0.25, 0.3) is 0 Å². The minimum absolute atomic E-state index is 0.0131. The lowest BCUT2D eigenvalue weighted by molar-refractivity contribution is -0.126. The molecule has 2 aromatic carbocycles. The Balaban J connectivity index is 1.58. The summed E-state index contributed by atoms with van der Waals surface area (Å²) in [5, 5.41) is 7.85. The van der Waals surface area contributed by atoms with Crippen LogP contribution in [0, 0.1) is 5.92 Å². The van der Waals surface area contributed by atoms with Crippen molar-refractivity contribution in [1.82, 2.24) is 5.32 Å². The van der Waals surface area contributed by atoms with Gasteiger partial charge in [-0.25, -0.2) is 13.6 Å². The number of methoxy groups -OCH3 is 1. The van der Waals surface area contributed by atoms with Crippen LogP contribution in [0.4, 0.5) is 5.69 Å². The minimum atomic E-state index is -3.75. The van der Waals surface area contributed by atoms with E-state index in [1.165, 1.54) is 12.1 Å². The number of hydrogen-bond acceptors (Lipinski definition) is 5. The van der Waals surface area contributed by atoms with Crippen molar-refractivity contribution in [2.45, 2.75) is 17.9 Å². The van der Waals surface area contributed by atoms with Gasteiger partial charge < -0.3 is 15.0 Å². The summed E-state index contributed by atoms with van der Waals surface area (Å²) in [5.41, 5.74) is 1.46. The smallest absolute Gasteiger partial charge is 0.238 e. The number of carbonyl (C=O) groups excluding carboxylic acids is 2. The number of sulfonamides is 1. The summed E-state index contributed by atoms with van der Waals surface area (Å²) < 4.78 is 27.6. The summed E-state index contributed by atoms with van der Waals surface area (Å²) in [7, 11) is -2.18. The number of hydrogen-bond donors (Lipinski definition) is 2. The van der Waals surface area contributed by atoms with Crippen molar-refractivity contribution in [3.63, 3.8) is 0 Å². The van der Waals surface area contributed by atoms with Gasteiger partial charge in [-0.05, 0) is 42.0 Å². The Hall–Kier alpha value is -2.91. The Kier molecular flexibility index (Phi) is 5.66. The van der Waals surface area contributed by atoms with Crippen molar-refractivity contribution >= 4 is 27.5 Å². The van der Waals surface area contributed by atoms with Crippen molar-refractivity contribution in [1.29, 1.82) is 0 Å². The van der Waals surface area contributed by atoms with E-state index in [1.807, 2.05) is 0 Å². The first kappa shape index (κ1) is 19.8. The molecule has 8 nitrogen and oxygen atoms in total. The third kappa shape index (κ3) is 4.49. The number of carbonyl (C=O) groups is 2. The van der Waals surface area contributed by atoms with Gasteiger partial charge in [-0.3, -0.25) is 9.59 Å². The standard InChI is InChI=1S/C19H21N3O5S/c1-27-16-6-4-15(5-7-16)22-12-14(10-18(22)23)19(24)21-11-13-2-8-17(9-3-13)28(20,25)26/h2-9,14H,10-12H2,1H3,(H,21,24)(H2,20,25,26). The van der Waals surface area contributed by atoms with Gasteiger partial charge in [0, 0.05) is 25.2 Å². The average Bonchev–Trinajstić information content (AvgIpc) is 3.07. The molecular formula is C19H21N3O5S. The predicted molar refractivity (Wildman–Crippen MR) is 103 cm³/mol. The zero-order chi connectivity index (χ0) is 20.3. The number of nitrogens with zero attached hydrogens (tertiary/aromatic N) is 1. The topological polar surface area (TPSA) is 119 Å². The highest BCUT2D eigenvalue weighted by atomic mass is 32.2. The van der Waals surface area contributed by atoms with Crippen LogP contribution < -0.4 is 20.1 Å². The molecule has 1 aliphatic rings. The maximum absolute atomic E-state index is 12.4. The van der Waals surface area contributed by atoms with E-state index in [-0.39, 0.29) is 29.7 Å². The molecule has 0 saturated carbocycles. The number of rotatable bonds is 6. The number of nitrogens with two attached hydrogens (primary N) is 1. The second-order valence-corrected chi connectivity index (χ2v) is 8.07. The SMILES string of the molecule is COc1ccc(N2CC(C(=O)NCc3ccc(S(N)(=O)=O)cc3)CC2=O)cc1. The summed E-state index contributed by atoms with van der Waals surface area (Å²) in [5.74, 6) is -0.0841. The van der Waals surface area contributed by atoms with Gasteiger partial charge >= 0.3 is 0 Å². The van der Waals surface area contributed by atoms with Crippen molar-refractivity contribution < 1.29 is 22.7 Å². The van der Waals surface area contributed by atoms with E-state index in [1.54, 1.807) is 48.4 Å². The van der Waals surface area contributed by atoms with Crippen LogP contribution in [0.1, 0.15) is 12.0 Å². The average molecular weight is 403 g/mol. The van der Waals surface area contributed by atoms with E-state index >= 15 is 0 Å². The highest BCUT2D eigenvalue weighted by molar-refractivity contribution is 7.89. The fraction of sp³-hybridized carbons (Fsp3) is 0.263. The molecule has 28 heavy (non-hydrogen) atoms. The fourth-order valence-corrected chi connectivity index (χ4v) is 3.54. The van der Waals surface area contributed by atoms with Gasteiger partial charge in [0.05, 0.1) is 17.9 Å². The number of anilines is 1. The van der Waals surface area contributed by atoms with E-state index in [2.05, 4.69) is 5.32 Å². The molecule has 3 rings (SSSR count). The van der Waals surface area contributed by atoms with Crippen LogP contribution in [0.2, 0.25) is 0 Å². The Morgan fingerprint density at radius 3 is 2.39 bits per heavy atom. The fourth-order valence-electron chi connectivity index (χ4n) is 3.03. The maximum atomic E-state index is 12.4. The Bertz CT molecular complexity index is 972. The van der Waals surface area contributed by atoms with Gasteiger partial charge in [-0.15, -0.1) is 0 Å². The van der Waals surface area contributed by atoms with Crippen LogP contribution in [0.3, 0.4) is 0 Å². The van der Waals surface area contributed by atoms with Crippen LogP contribution in [0.15, 0.2) is 53.4 Å². The van der Waals surface area contributed by atoms with Crippen LogP contribution in [0.5, 0.6) is 5.75 Å². The monoisotopic (exact) mass is 403 g/mol.